The first kappa shape index (κ1) is 18.8. The molecule has 3 aromatic heterocycles. The Labute approximate surface area is 167 Å². The summed E-state index contributed by atoms with van der Waals surface area (Å²) in [4.78, 5) is 13.7. The van der Waals surface area contributed by atoms with E-state index in [1.165, 1.54) is 30.6 Å². The molecule has 28 heavy (non-hydrogen) atoms. The van der Waals surface area contributed by atoms with Gasteiger partial charge in [0.1, 0.15) is 0 Å². The lowest BCUT2D eigenvalue weighted by molar-refractivity contribution is 0.164. The fraction of sp³-hybridized carbons (Fsp3) is 0.391. The predicted molar refractivity (Wildman–Crippen MR) is 112 cm³/mol. The first-order chi connectivity index (χ1) is 13.8. The van der Waals surface area contributed by atoms with E-state index in [0.717, 1.165) is 31.9 Å². The van der Waals surface area contributed by atoms with Crippen molar-refractivity contribution < 1.29 is 0 Å². The van der Waals surface area contributed by atoms with Crippen molar-refractivity contribution in [3.8, 4) is 5.69 Å². The van der Waals surface area contributed by atoms with Gasteiger partial charge in [-0.3, -0.25) is 19.8 Å². The van der Waals surface area contributed by atoms with E-state index in [2.05, 4.69) is 67.8 Å². The highest BCUT2D eigenvalue weighted by atomic mass is 15.2. The van der Waals surface area contributed by atoms with E-state index in [1.54, 1.807) is 0 Å². The van der Waals surface area contributed by atoms with Crippen LogP contribution in [0.5, 0.6) is 0 Å². The maximum absolute atomic E-state index is 4.31. The van der Waals surface area contributed by atoms with Crippen molar-refractivity contribution in [3.05, 3.63) is 78.6 Å². The van der Waals surface area contributed by atoms with Crippen molar-refractivity contribution in [2.45, 2.75) is 38.9 Å². The topological polar surface area (TPSA) is 37.2 Å². The van der Waals surface area contributed by atoms with Gasteiger partial charge in [-0.05, 0) is 61.8 Å². The Balaban J connectivity index is 1.55. The second-order valence-corrected chi connectivity index (χ2v) is 7.53. The molecule has 0 saturated carbocycles. The zero-order chi connectivity index (χ0) is 19.2. The molecular weight excluding hydrogens is 346 g/mol. The lowest BCUT2D eigenvalue weighted by Crippen LogP contribution is -2.40. The molecule has 4 rings (SSSR count). The van der Waals surface area contributed by atoms with Crippen LogP contribution in [0.25, 0.3) is 5.69 Å². The van der Waals surface area contributed by atoms with Gasteiger partial charge in [-0.1, -0.05) is 13.0 Å². The van der Waals surface area contributed by atoms with Gasteiger partial charge in [-0.2, -0.15) is 0 Å². The van der Waals surface area contributed by atoms with Crippen molar-refractivity contribution in [2.24, 2.45) is 0 Å². The number of hydrogen-bond donors (Lipinski definition) is 0. The van der Waals surface area contributed by atoms with Gasteiger partial charge in [0.05, 0.1) is 0 Å². The molecule has 1 aliphatic rings. The van der Waals surface area contributed by atoms with Crippen LogP contribution in [0.3, 0.4) is 0 Å². The minimum absolute atomic E-state index is 0.644. The minimum Gasteiger partial charge on any atom is -0.319 e. The quantitative estimate of drug-likeness (QED) is 0.601. The summed E-state index contributed by atoms with van der Waals surface area (Å²) < 4.78 is 2.27. The highest BCUT2D eigenvalue weighted by molar-refractivity contribution is 5.33. The lowest BCUT2D eigenvalue weighted by atomic mass is 10.1. The number of hydrogen-bond acceptors (Lipinski definition) is 4. The van der Waals surface area contributed by atoms with Crippen molar-refractivity contribution in [3.63, 3.8) is 0 Å². The van der Waals surface area contributed by atoms with E-state index in [-0.39, 0.29) is 0 Å². The molecule has 0 spiro atoms. The normalized spacial score (nSPS) is 17.4. The van der Waals surface area contributed by atoms with Crippen LogP contribution in [0.2, 0.25) is 0 Å². The average Bonchev–Trinajstić information content (AvgIpc) is 3.38. The standard InChI is InChI=1S/C23H29N5/c1-2-27-14-4-7-22(27)18-26(17-20-6-3-11-25-16-20)19-23-8-5-15-28(23)21-9-12-24-13-10-21/h3,5-6,8-13,15-16,22H,2,4,7,14,17-19H2,1H3/t22-/m1/s1. The van der Waals surface area contributed by atoms with Gasteiger partial charge in [0.15, 0.2) is 0 Å². The number of pyridine rings is 2. The number of aromatic nitrogens is 3. The zero-order valence-corrected chi connectivity index (χ0v) is 16.6. The van der Waals surface area contributed by atoms with Gasteiger partial charge in [0.2, 0.25) is 0 Å². The van der Waals surface area contributed by atoms with Crippen LogP contribution in [0, 0.1) is 0 Å². The van der Waals surface area contributed by atoms with Crippen LogP contribution in [-0.4, -0.2) is 50.0 Å². The van der Waals surface area contributed by atoms with E-state index in [0.29, 0.717) is 6.04 Å². The molecule has 0 amide bonds. The summed E-state index contributed by atoms with van der Waals surface area (Å²) in [5, 5.41) is 0. The third-order valence-corrected chi connectivity index (χ3v) is 5.66. The zero-order valence-electron chi connectivity index (χ0n) is 16.6. The van der Waals surface area contributed by atoms with Gasteiger partial charge in [-0.25, -0.2) is 0 Å². The molecule has 146 valence electrons. The highest BCUT2D eigenvalue weighted by Crippen LogP contribution is 2.21. The second-order valence-electron chi connectivity index (χ2n) is 7.53. The van der Waals surface area contributed by atoms with Crippen LogP contribution in [0.1, 0.15) is 31.0 Å². The molecule has 1 atom stereocenters. The van der Waals surface area contributed by atoms with Crippen LogP contribution in [-0.2, 0) is 13.1 Å². The Hall–Kier alpha value is -2.50. The highest BCUT2D eigenvalue weighted by Gasteiger charge is 2.25. The molecule has 5 heteroatoms. The SMILES string of the molecule is CCN1CCC[C@@H]1CN(Cc1cccnc1)Cc1cccn1-c1ccncc1. The third kappa shape index (κ3) is 4.49. The van der Waals surface area contributed by atoms with Crippen LogP contribution >= 0.6 is 0 Å². The summed E-state index contributed by atoms with van der Waals surface area (Å²) >= 11 is 0. The van der Waals surface area contributed by atoms with E-state index in [9.17, 15) is 0 Å². The molecular formula is C23H29N5. The van der Waals surface area contributed by atoms with Crippen molar-refractivity contribution >= 4 is 0 Å². The molecule has 4 heterocycles. The summed E-state index contributed by atoms with van der Waals surface area (Å²) in [6.07, 6.45) is 12.3. The summed E-state index contributed by atoms with van der Waals surface area (Å²) in [5.74, 6) is 0. The number of likely N-dealkylation sites (tertiary alicyclic amines) is 1. The molecule has 1 aliphatic heterocycles. The average molecular weight is 376 g/mol. The van der Waals surface area contributed by atoms with E-state index in [4.69, 9.17) is 0 Å². The maximum Gasteiger partial charge on any atom is 0.0483 e. The molecule has 0 bridgehead atoms. The van der Waals surface area contributed by atoms with E-state index >= 15 is 0 Å². The smallest absolute Gasteiger partial charge is 0.0483 e. The first-order valence-corrected chi connectivity index (χ1v) is 10.3. The molecule has 5 nitrogen and oxygen atoms in total. The number of nitrogens with zero attached hydrogens (tertiary/aromatic N) is 5. The first-order valence-electron chi connectivity index (χ1n) is 10.3. The van der Waals surface area contributed by atoms with Gasteiger partial charge < -0.3 is 4.57 Å². The number of rotatable bonds is 8. The fourth-order valence-corrected chi connectivity index (χ4v) is 4.28. The van der Waals surface area contributed by atoms with Crippen molar-refractivity contribution in [2.75, 3.05) is 19.6 Å². The van der Waals surface area contributed by atoms with Gasteiger partial charge in [0.25, 0.3) is 0 Å². The molecule has 3 aromatic rings. The second kappa shape index (κ2) is 9.13. The summed E-state index contributed by atoms with van der Waals surface area (Å²) in [6, 6.07) is 13.3. The molecule has 0 aromatic carbocycles. The molecule has 1 saturated heterocycles. The summed E-state index contributed by atoms with van der Waals surface area (Å²) in [7, 11) is 0. The molecule has 0 aliphatic carbocycles. The van der Waals surface area contributed by atoms with Gasteiger partial charge in [-0.15, -0.1) is 0 Å². The Bertz CT molecular complexity index is 846. The molecule has 1 fully saturated rings. The Morgan fingerprint density at radius 3 is 2.71 bits per heavy atom. The Kier molecular flexibility index (Phi) is 6.14. The third-order valence-electron chi connectivity index (χ3n) is 5.66. The Morgan fingerprint density at radius 2 is 1.93 bits per heavy atom. The minimum atomic E-state index is 0.644. The fourth-order valence-electron chi connectivity index (χ4n) is 4.28. The van der Waals surface area contributed by atoms with Crippen LogP contribution < -0.4 is 0 Å². The maximum atomic E-state index is 4.31. The van der Waals surface area contributed by atoms with Crippen molar-refractivity contribution in [1.82, 2.24) is 24.3 Å². The van der Waals surface area contributed by atoms with Gasteiger partial charge >= 0.3 is 0 Å². The van der Waals surface area contributed by atoms with E-state index < -0.39 is 0 Å². The monoisotopic (exact) mass is 375 g/mol. The number of likely N-dealkylation sites (N-methyl/N-ethyl adjacent to an activating group) is 1. The largest absolute Gasteiger partial charge is 0.319 e. The predicted octanol–water partition coefficient (Wildman–Crippen LogP) is 3.75. The van der Waals surface area contributed by atoms with Crippen molar-refractivity contribution in [1.29, 1.82) is 0 Å². The molecule has 0 unspecified atom stereocenters. The Morgan fingerprint density at radius 1 is 1.04 bits per heavy atom. The molecule has 0 N–H and O–H groups in total. The lowest BCUT2D eigenvalue weighted by Gasteiger charge is -2.30. The molecule has 0 radical (unpaired) electrons. The summed E-state index contributed by atoms with van der Waals surface area (Å²) in [5.41, 5.74) is 3.73. The van der Waals surface area contributed by atoms with E-state index in [1.807, 2.05) is 30.9 Å². The van der Waals surface area contributed by atoms with Crippen LogP contribution in [0.15, 0.2) is 67.4 Å². The van der Waals surface area contributed by atoms with Gasteiger partial charge in [0, 0.05) is 68.0 Å². The van der Waals surface area contributed by atoms with Crippen LogP contribution in [0.4, 0.5) is 0 Å². The summed E-state index contributed by atoms with van der Waals surface area (Å²) in [6.45, 7) is 7.57.